The maximum absolute atomic E-state index is 13.0. The summed E-state index contributed by atoms with van der Waals surface area (Å²) in [6, 6.07) is 11.8. The van der Waals surface area contributed by atoms with Gasteiger partial charge in [0.15, 0.2) is 0 Å². The van der Waals surface area contributed by atoms with Crippen LogP contribution in [0.2, 0.25) is 0 Å². The lowest BCUT2D eigenvalue weighted by Crippen LogP contribution is -2.36. The molecule has 0 aliphatic rings. The van der Waals surface area contributed by atoms with Crippen LogP contribution in [0.15, 0.2) is 48.5 Å². The van der Waals surface area contributed by atoms with E-state index in [0.29, 0.717) is 30.0 Å². The highest BCUT2D eigenvalue weighted by atomic mass is 19.4. The highest BCUT2D eigenvalue weighted by Gasteiger charge is 2.30. The Morgan fingerprint density at radius 3 is 2.37 bits per heavy atom. The third-order valence-electron chi connectivity index (χ3n) is 4.05. The molecule has 0 atom stereocenters. The summed E-state index contributed by atoms with van der Waals surface area (Å²) in [5.74, 6) is 0.292. The number of ether oxygens (including phenoxy) is 1. The molecule has 0 saturated heterocycles. The summed E-state index contributed by atoms with van der Waals surface area (Å²) in [5.41, 5.74) is 0.140. The van der Waals surface area contributed by atoms with E-state index in [1.807, 2.05) is 19.0 Å². The van der Waals surface area contributed by atoms with Crippen molar-refractivity contribution in [2.45, 2.75) is 12.7 Å². The van der Waals surface area contributed by atoms with E-state index in [-0.39, 0.29) is 12.5 Å². The molecule has 2 aromatic rings. The largest absolute Gasteiger partial charge is 0.497 e. The van der Waals surface area contributed by atoms with Crippen molar-refractivity contribution in [3.05, 3.63) is 65.2 Å². The highest BCUT2D eigenvalue weighted by molar-refractivity contribution is 5.94. The third kappa shape index (κ3) is 5.99. The minimum Gasteiger partial charge on any atom is -0.497 e. The van der Waals surface area contributed by atoms with E-state index < -0.39 is 11.7 Å². The third-order valence-corrected chi connectivity index (χ3v) is 4.05. The summed E-state index contributed by atoms with van der Waals surface area (Å²) in [4.78, 5) is 16.4. The molecular formula is C20H23F3N2O2. The van der Waals surface area contributed by atoms with Crippen molar-refractivity contribution in [3.8, 4) is 5.75 Å². The Labute approximate surface area is 157 Å². The van der Waals surface area contributed by atoms with Crippen LogP contribution in [0, 0.1) is 0 Å². The number of methoxy groups -OCH3 is 1. The maximum atomic E-state index is 13.0. The number of hydrogen-bond donors (Lipinski definition) is 0. The second kappa shape index (κ2) is 8.90. The Balaban J connectivity index is 2.27. The molecule has 0 bridgehead atoms. The van der Waals surface area contributed by atoms with E-state index in [4.69, 9.17) is 4.74 Å². The van der Waals surface area contributed by atoms with E-state index in [0.717, 1.165) is 12.1 Å². The minimum absolute atomic E-state index is 0.0911. The van der Waals surface area contributed by atoms with Gasteiger partial charge in [-0.1, -0.05) is 18.2 Å². The van der Waals surface area contributed by atoms with Crippen LogP contribution >= 0.6 is 0 Å². The van der Waals surface area contributed by atoms with Gasteiger partial charge in [-0.15, -0.1) is 0 Å². The van der Waals surface area contributed by atoms with Crippen molar-refractivity contribution in [1.29, 1.82) is 0 Å². The summed E-state index contributed by atoms with van der Waals surface area (Å²) in [6.07, 6.45) is -4.42. The van der Waals surface area contributed by atoms with Gasteiger partial charge in [-0.25, -0.2) is 0 Å². The van der Waals surface area contributed by atoms with Crippen molar-refractivity contribution < 1.29 is 22.7 Å². The molecule has 0 N–H and O–H groups in total. The number of benzene rings is 2. The van der Waals surface area contributed by atoms with Crippen LogP contribution in [0.5, 0.6) is 5.75 Å². The standard InChI is InChI=1S/C20H23F3N2O2/c1-24(2)10-11-25(19(26)16-7-5-9-18(13-16)27-3)14-15-6-4-8-17(12-15)20(21,22)23/h4-9,12-13H,10-11,14H2,1-3H3. The van der Waals surface area contributed by atoms with Crippen molar-refractivity contribution in [1.82, 2.24) is 9.80 Å². The molecule has 0 unspecified atom stereocenters. The van der Waals surface area contributed by atoms with Gasteiger partial charge in [0.2, 0.25) is 0 Å². The number of alkyl halides is 3. The number of amides is 1. The Morgan fingerprint density at radius 1 is 1.04 bits per heavy atom. The SMILES string of the molecule is COc1cccc(C(=O)N(CCN(C)C)Cc2cccc(C(F)(F)F)c2)c1. The van der Waals surface area contributed by atoms with Crippen LogP contribution in [-0.2, 0) is 12.7 Å². The van der Waals surface area contributed by atoms with Gasteiger partial charge in [0, 0.05) is 25.2 Å². The molecular weight excluding hydrogens is 357 g/mol. The van der Waals surface area contributed by atoms with Gasteiger partial charge < -0.3 is 14.5 Å². The fraction of sp³-hybridized carbons (Fsp3) is 0.350. The molecule has 0 heterocycles. The van der Waals surface area contributed by atoms with E-state index >= 15 is 0 Å². The van der Waals surface area contributed by atoms with Gasteiger partial charge in [-0.3, -0.25) is 4.79 Å². The molecule has 7 heteroatoms. The van der Waals surface area contributed by atoms with Gasteiger partial charge in [0.05, 0.1) is 12.7 Å². The smallest absolute Gasteiger partial charge is 0.416 e. The molecule has 0 radical (unpaired) electrons. The van der Waals surface area contributed by atoms with Crippen LogP contribution in [0.1, 0.15) is 21.5 Å². The lowest BCUT2D eigenvalue weighted by Gasteiger charge is -2.25. The minimum atomic E-state index is -4.42. The number of halogens is 3. The summed E-state index contributed by atoms with van der Waals surface area (Å²) < 4.78 is 44.0. The molecule has 146 valence electrons. The quantitative estimate of drug-likeness (QED) is 0.730. The summed E-state index contributed by atoms with van der Waals surface area (Å²) >= 11 is 0. The van der Waals surface area contributed by atoms with Crippen LogP contribution in [0.4, 0.5) is 13.2 Å². The topological polar surface area (TPSA) is 32.8 Å². The molecule has 2 aromatic carbocycles. The molecule has 0 saturated carbocycles. The van der Waals surface area contributed by atoms with Crippen molar-refractivity contribution in [2.75, 3.05) is 34.3 Å². The predicted octanol–water partition coefficient (Wildman–Crippen LogP) is 3.92. The lowest BCUT2D eigenvalue weighted by molar-refractivity contribution is -0.137. The Bertz CT molecular complexity index is 776. The molecule has 0 fully saturated rings. The lowest BCUT2D eigenvalue weighted by atomic mass is 10.1. The van der Waals surface area contributed by atoms with E-state index in [1.54, 1.807) is 35.2 Å². The zero-order valence-corrected chi connectivity index (χ0v) is 15.6. The zero-order valence-electron chi connectivity index (χ0n) is 15.6. The van der Waals surface area contributed by atoms with Crippen LogP contribution in [0.25, 0.3) is 0 Å². The number of likely N-dealkylation sites (N-methyl/N-ethyl adjacent to an activating group) is 1. The van der Waals surface area contributed by atoms with Gasteiger partial charge in [-0.2, -0.15) is 13.2 Å². The van der Waals surface area contributed by atoms with Gasteiger partial charge in [0.1, 0.15) is 5.75 Å². The number of nitrogens with zero attached hydrogens (tertiary/aromatic N) is 2. The molecule has 0 aromatic heterocycles. The first-order valence-corrected chi connectivity index (χ1v) is 8.45. The molecule has 0 aliphatic carbocycles. The normalized spacial score (nSPS) is 11.5. The van der Waals surface area contributed by atoms with E-state index in [9.17, 15) is 18.0 Å². The molecule has 2 rings (SSSR count). The van der Waals surface area contributed by atoms with Gasteiger partial charge in [0.25, 0.3) is 5.91 Å². The summed E-state index contributed by atoms with van der Waals surface area (Å²) in [7, 11) is 5.26. The number of hydrogen-bond acceptors (Lipinski definition) is 3. The van der Waals surface area contributed by atoms with E-state index in [1.165, 1.54) is 13.2 Å². The Kier molecular flexibility index (Phi) is 6.85. The average Bonchev–Trinajstić information content (AvgIpc) is 2.64. The number of carbonyl (C=O) groups is 1. The Morgan fingerprint density at radius 2 is 1.74 bits per heavy atom. The number of carbonyl (C=O) groups excluding carboxylic acids is 1. The molecule has 0 spiro atoms. The maximum Gasteiger partial charge on any atom is 0.416 e. The second-order valence-electron chi connectivity index (χ2n) is 6.46. The average molecular weight is 380 g/mol. The first-order chi connectivity index (χ1) is 12.7. The predicted molar refractivity (Wildman–Crippen MR) is 97.7 cm³/mol. The zero-order chi connectivity index (χ0) is 20.0. The van der Waals surface area contributed by atoms with Crippen molar-refractivity contribution in [3.63, 3.8) is 0 Å². The molecule has 0 aliphatic heterocycles. The van der Waals surface area contributed by atoms with Crippen LogP contribution in [-0.4, -0.2) is 50.0 Å². The first-order valence-electron chi connectivity index (χ1n) is 8.45. The molecule has 27 heavy (non-hydrogen) atoms. The first kappa shape index (κ1) is 20.8. The van der Waals surface area contributed by atoms with E-state index in [2.05, 4.69) is 0 Å². The highest BCUT2D eigenvalue weighted by Crippen LogP contribution is 2.30. The molecule has 4 nitrogen and oxygen atoms in total. The monoisotopic (exact) mass is 380 g/mol. The van der Waals surface area contributed by atoms with Gasteiger partial charge in [-0.05, 0) is 50.0 Å². The van der Waals surface area contributed by atoms with Crippen LogP contribution in [0.3, 0.4) is 0 Å². The fourth-order valence-electron chi connectivity index (χ4n) is 2.58. The summed E-state index contributed by atoms with van der Waals surface area (Å²) in [5, 5.41) is 0. The fourth-order valence-corrected chi connectivity index (χ4v) is 2.58. The van der Waals surface area contributed by atoms with Crippen molar-refractivity contribution in [2.24, 2.45) is 0 Å². The summed E-state index contributed by atoms with van der Waals surface area (Å²) in [6.45, 7) is 1.07. The molecule has 1 amide bonds. The van der Waals surface area contributed by atoms with Crippen molar-refractivity contribution >= 4 is 5.91 Å². The van der Waals surface area contributed by atoms with Crippen LogP contribution < -0.4 is 4.74 Å². The van der Waals surface area contributed by atoms with Gasteiger partial charge >= 0.3 is 6.18 Å². The number of rotatable bonds is 7. The second-order valence-corrected chi connectivity index (χ2v) is 6.46. The Hall–Kier alpha value is -2.54.